The third-order valence-electron chi connectivity index (χ3n) is 5.63. The van der Waals surface area contributed by atoms with Crippen molar-refractivity contribution in [2.75, 3.05) is 32.8 Å². The van der Waals surface area contributed by atoms with E-state index < -0.39 is 6.10 Å². The van der Waals surface area contributed by atoms with Crippen LogP contribution in [0.2, 0.25) is 0 Å². The van der Waals surface area contributed by atoms with E-state index in [1.807, 2.05) is 13.0 Å². The summed E-state index contributed by atoms with van der Waals surface area (Å²) >= 11 is 0. The van der Waals surface area contributed by atoms with E-state index in [4.69, 9.17) is 14.4 Å². The monoisotopic (exact) mass is 449 g/mol. The fourth-order valence-electron chi connectivity index (χ4n) is 3.87. The highest BCUT2D eigenvalue weighted by atomic mass is 16.5. The number of pyridine rings is 1. The fraction of sp³-hybridized carbons (Fsp3) is 0.417. The van der Waals surface area contributed by atoms with Gasteiger partial charge in [0.05, 0.1) is 24.9 Å². The average molecular weight is 450 g/mol. The molecule has 0 saturated heterocycles. The van der Waals surface area contributed by atoms with Gasteiger partial charge >= 0.3 is 0 Å². The van der Waals surface area contributed by atoms with Crippen LogP contribution in [0.4, 0.5) is 0 Å². The van der Waals surface area contributed by atoms with Crippen LogP contribution in [0, 0.1) is 11.3 Å². The summed E-state index contributed by atoms with van der Waals surface area (Å²) in [6, 6.07) is 9.89. The van der Waals surface area contributed by atoms with Crippen molar-refractivity contribution in [3.8, 4) is 34.8 Å². The van der Waals surface area contributed by atoms with Crippen LogP contribution in [-0.4, -0.2) is 69.2 Å². The summed E-state index contributed by atoms with van der Waals surface area (Å²) in [5, 5.41) is 32.4. The van der Waals surface area contributed by atoms with E-state index in [9.17, 15) is 10.4 Å². The van der Waals surface area contributed by atoms with Gasteiger partial charge in [0.15, 0.2) is 0 Å². The molecule has 9 heteroatoms. The molecule has 172 valence electrons. The number of β-amino-alcohol motifs (C(OH)–C–C–N with tert-alkyl or cyclic N) is 1. The molecule has 0 saturated carbocycles. The summed E-state index contributed by atoms with van der Waals surface area (Å²) in [5.74, 6) is 1.05. The Balaban J connectivity index is 1.52. The van der Waals surface area contributed by atoms with Crippen LogP contribution in [0.3, 0.4) is 0 Å². The maximum Gasteiger partial charge on any atom is 0.259 e. The minimum absolute atomic E-state index is 0.229. The molecule has 33 heavy (non-hydrogen) atoms. The van der Waals surface area contributed by atoms with Crippen molar-refractivity contribution in [3.63, 3.8) is 0 Å². The molecule has 1 aliphatic rings. The van der Waals surface area contributed by atoms with Crippen LogP contribution in [-0.2, 0) is 12.8 Å². The molecule has 0 radical (unpaired) electrons. The molecule has 2 aromatic heterocycles. The lowest BCUT2D eigenvalue weighted by Gasteiger charge is -2.21. The first-order valence-corrected chi connectivity index (χ1v) is 11.1. The average Bonchev–Trinajstić information content (AvgIpc) is 3.26. The molecule has 1 unspecified atom stereocenters. The third-order valence-corrected chi connectivity index (χ3v) is 5.63. The molecule has 2 N–H and O–H groups in total. The number of aliphatic hydroxyl groups is 2. The zero-order chi connectivity index (χ0) is 23.2. The van der Waals surface area contributed by atoms with Crippen molar-refractivity contribution >= 4 is 0 Å². The molecule has 0 spiro atoms. The van der Waals surface area contributed by atoms with Crippen LogP contribution in [0.15, 0.2) is 35.0 Å². The summed E-state index contributed by atoms with van der Waals surface area (Å²) < 4.78 is 11.0. The van der Waals surface area contributed by atoms with Crippen LogP contribution >= 0.6 is 0 Å². The Morgan fingerprint density at radius 1 is 1.21 bits per heavy atom. The number of aliphatic hydroxyl groups excluding tert-OH is 2. The Morgan fingerprint density at radius 3 is 2.79 bits per heavy atom. The van der Waals surface area contributed by atoms with Gasteiger partial charge in [-0.3, -0.25) is 0 Å². The quantitative estimate of drug-likeness (QED) is 0.532. The van der Waals surface area contributed by atoms with Crippen molar-refractivity contribution in [1.29, 1.82) is 5.26 Å². The van der Waals surface area contributed by atoms with Crippen LogP contribution in [0.1, 0.15) is 30.0 Å². The molecule has 9 nitrogen and oxygen atoms in total. The van der Waals surface area contributed by atoms with Gasteiger partial charge in [-0.15, -0.1) is 0 Å². The number of nitrogens with zero attached hydrogens (tertiary/aromatic N) is 5. The summed E-state index contributed by atoms with van der Waals surface area (Å²) in [7, 11) is 0. The second-order valence-corrected chi connectivity index (χ2v) is 8.08. The molecule has 0 fully saturated rings. The lowest BCUT2D eigenvalue weighted by Crippen LogP contribution is -2.35. The predicted molar refractivity (Wildman–Crippen MR) is 120 cm³/mol. The van der Waals surface area contributed by atoms with Crippen LogP contribution < -0.4 is 4.74 Å². The number of benzene rings is 1. The largest absolute Gasteiger partial charge is 0.477 e. The smallest absolute Gasteiger partial charge is 0.259 e. The van der Waals surface area contributed by atoms with E-state index in [1.54, 1.807) is 12.3 Å². The number of ether oxygens (including phenoxy) is 1. The molecule has 0 amide bonds. The van der Waals surface area contributed by atoms with Gasteiger partial charge in [0, 0.05) is 31.4 Å². The molecule has 0 bridgehead atoms. The van der Waals surface area contributed by atoms with E-state index in [2.05, 4.69) is 38.2 Å². The highest BCUT2D eigenvalue weighted by Gasteiger charge is 2.19. The minimum atomic E-state index is -0.720. The van der Waals surface area contributed by atoms with Crippen molar-refractivity contribution in [3.05, 3.63) is 47.2 Å². The Kier molecular flexibility index (Phi) is 7.29. The number of aromatic nitrogens is 3. The first-order chi connectivity index (χ1) is 16.1. The molecule has 0 aliphatic carbocycles. The van der Waals surface area contributed by atoms with Crippen LogP contribution in [0.25, 0.3) is 22.8 Å². The Morgan fingerprint density at radius 2 is 2.03 bits per heavy atom. The normalized spacial score (nSPS) is 14.8. The van der Waals surface area contributed by atoms with Gasteiger partial charge in [-0.1, -0.05) is 24.2 Å². The molecular formula is C24H27N5O4. The van der Waals surface area contributed by atoms with Crippen LogP contribution in [0.5, 0.6) is 5.88 Å². The lowest BCUT2D eigenvalue weighted by molar-refractivity contribution is 0.0605. The summed E-state index contributed by atoms with van der Waals surface area (Å²) in [6.45, 7) is 4.35. The molecule has 4 rings (SSSR count). The standard InChI is InChI=1S/C24H27N5O4/c1-2-9-32-23-19(12-25)11-20(13-26-23)24-27-22(28-33-24)18-4-3-16-5-7-29(14-21(31)15-30)8-6-17(16)10-18/h3-4,10-11,13,21,30-31H,2,5-9,14-15H2,1H3. The SMILES string of the molecule is CCCOc1ncc(-c2nc(-c3ccc4c(c3)CCN(CC(O)CO)CC4)no2)cc1C#N. The number of rotatable bonds is 8. The molecule has 3 heterocycles. The van der Waals surface area contributed by atoms with Crippen molar-refractivity contribution in [2.24, 2.45) is 0 Å². The van der Waals surface area contributed by atoms with E-state index >= 15 is 0 Å². The fourth-order valence-corrected chi connectivity index (χ4v) is 3.87. The third kappa shape index (κ3) is 5.37. The Labute approximate surface area is 192 Å². The summed E-state index contributed by atoms with van der Waals surface area (Å²) in [5.41, 5.74) is 4.20. The highest BCUT2D eigenvalue weighted by molar-refractivity contribution is 5.62. The minimum Gasteiger partial charge on any atom is -0.477 e. The predicted octanol–water partition coefficient (Wildman–Crippen LogP) is 2.21. The number of hydrogen-bond acceptors (Lipinski definition) is 9. The molecule has 1 aromatic carbocycles. The first kappa shape index (κ1) is 22.9. The number of nitriles is 1. The van der Waals surface area contributed by atoms with Gasteiger partial charge in [0.25, 0.3) is 5.89 Å². The Bertz CT molecular complexity index is 1140. The Hall–Kier alpha value is -3.32. The maximum atomic E-state index is 9.75. The second-order valence-electron chi connectivity index (χ2n) is 8.08. The molecule has 3 aromatic rings. The van der Waals surface area contributed by atoms with Crippen molar-refractivity contribution in [2.45, 2.75) is 32.3 Å². The molecular weight excluding hydrogens is 422 g/mol. The zero-order valence-corrected chi connectivity index (χ0v) is 18.6. The lowest BCUT2D eigenvalue weighted by atomic mass is 10.00. The zero-order valence-electron chi connectivity index (χ0n) is 18.6. The van der Waals surface area contributed by atoms with Gasteiger partial charge in [0.2, 0.25) is 11.7 Å². The maximum absolute atomic E-state index is 9.75. The number of fused-ring (bicyclic) bond motifs is 1. The van der Waals surface area contributed by atoms with E-state index in [0.717, 1.165) is 37.9 Å². The highest BCUT2D eigenvalue weighted by Crippen LogP contribution is 2.27. The van der Waals surface area contributed by atoms with E-state index in [-0.39, 0.29) is 12.5 Å². The molecule has 1 atom stereocenters. The van der Waals surface area contributed by atoms with Gasteiger partial charge in [-0.25, -0.2) is 4.98 Å². The van der Waals surface area contributed by atoms with Crippen molar-refractivity contribution < 1.29 is 19.5 Å². The van der Waals surface area contributed by atoms with E-state index in [1.165, 1.54) is 11.1 Å². The molecule has 1 aliphatic heterocycles. The van der Waals surface area contributed by atoms with Gasteiger partial charge in [0.1, 0.15) is 11.6 Å². The first-order valence-electron chi connectivity index (χ1n) is 11.1. The topological polar surface area (TPSA) is 129 Å². The number of hydrogen-bond donors (Lipinski definition) is 2. The summed E-state index contributed by atoms with van der Waals surface area (Å²) in [4.78, 5) is 10.9. The van der Waals surface area contributed by atoms with Gasteiger partial charge < -0.3 is 24.4 Å². The van der Waals surface area contributed by atoms with Crippen molar-refractivity contribution in [1.82, 2.24) is 20.0 Å². The van der Waals surface area contributed by atoms with E-state index in [0.29, 0.717) is 36.0 Å². The van der Waals surface area contributed by atoms with Gasteiger partial charge in [-0.05, 0) is 42.5 Å². The summed E-state index contributed by atoms with van der Waals surface area (Å²) in [6.07, 6.45) is 3.38. The second kappa shape index (κ2) is 10.5. The van der Waals surface area contributed by atoms with Gasteiger partial charge in [-0.2, -0.15) is 10.2 Å².